The van der Waals surface area contributed by atoms with Crippen molar-refractivity contribution in [3.05, 3.63) is 29.8 Å². The van der Waals surface area contributed by atoms with E-state index in [0.717, 1.165) is 0 Å². The highest BCUT2D eigenvalue weighted by Crippen LogP contribution is 2.31. The molecular formula is C16H19NO5. The van der Waals surface area contributed by atoms with Crippen molar-refractivity contribution in [1.82, 2.24) is 0 Å². The Hall–Kier alpha value is -2.37. The van der Waals surface area contributed by atoms with Crippen molar-refractivity contribution in [3.8, 4) is 0 Å². The van der Waals surface area contributed by atoms with Gasteiger partial charge in [0.15, 0.2) is 0 Å². The average molecular weight is 305 g/mol. The van der Waals surface area contributed by atoms with Crippen LogP contribution in [0.15, 0.2) is 24.3 Å². The molecule has 2 atom stereocenters. The van der Waals surface area contributed by atoms with Crippen LogP contribution in [0.2, 0.25) is 0 Å². The van der Waals surface area contributed by atoms with Crippen LogP contribution in [0, 0.1) is 11.8 Å². The van der Waals surface area contributed by atoms with E-state index in [-0.39, 0.29) is 11.8 Å². The lowest BCUT2D eigenvalue weighted by atomic mass is 10.0. The Bertz CT molecular complexity index is 566. The smallest absolute Gasteiger partial charge is 0.338 e. The Morgan fingerprint density at radius 1 is 1.18 bits per heavy atom. The molecule has 1 fully saturated rings. The van der Waals surface area contributed by atoms with Gasteiger partial charge in [0.1, 0.15) is 0 Å². The van der Waals surface area contributed by atoms with Gasteiger partial charge in [0.2, 0.25) is 5.91 Å². The minimum absolute atomic E-state index is 0.173. The van der Waals surface area contributed by atoms with Crippen molar-refractivity contribution in [2.75, 3.05) is 11.9 Å². The summed E-state index contributed by atoms with van der Waals surface area (Å²) in [6.07, 6.45) is 1.50. The van der Waals surface area contributed by atoms with Gasteiger partial charge in [-0.05, 0) is 50.5 Å². The van der Waals surface area contributed by atoms with Crippen LogP contribution in [0.3, 0.4) is 0 Å². The van der Waals surface area contributed by atoms with Gasteiger partial charge in [0.25, 0.3) is 0 Å². The van der Waals surface area contributed by atoms with E-state index in [2.05, 4.69) is 5.32 Å². The number of anilines is 1. The molecule has 1 aliphatic rings. The molecule has 0 unspecified atom stereocenters. The molecule has 6 heteroatoms. The number of aliphatic carboxylic acids is 1. The standard InChI is InChI=1S/C16H19NO5/c1-2-22-16(21)10-5-7-13(8-6-10)17-14(18)11-3-4-12(9-11)15(19)20/h5-8,11-12H,2-4,9H2,1H3,(H,17,18)(H,19,20)/t11-,12-/m0/s1. The predicted octanol–water partition coefficient (Wildman–Crippen LogP) is 2.30. The van der Waals surface area contributed by atoms with Crippen molar-refractivity contribution in [3.63, 3.8) is 0 Å². The van der Waals surface area contributed by atoms with Crippen molar-refractivity contribution in [2.45, 2.75) is 26.2 Å². The number of hydrogen-bond donors (Lipinski definition) is 2. The quantitative estimate of drug-likeness (QED) is 0.814. The highest BCUT2D eigenvalue weighted by atomic mass is 16.5. The van der Waals surface area contributed by atoms with Gasteiger partial charge in [0, 0.05) is 11.6 Å². The Morgan fingerprint density at radius 2 is 1.82 bits per heavy atom. The fourth-order valence-electron chi connectivity index (χ4n) is 2.59. The molecule has 22 heavy (non-hydrogen) atoms. The molecule has 0 spiro atoms. The third kappa shape index (κ3) is 3.84. The Kier molecular flexibility index (Phi) is 5.14. The number of nitrogens with one attached hydrogen (secondary N) is 1. The summed E-state index contributed by atoms with van der Waals surface area (Å²) in [5, 5.41) is 11.7. The molecule has 0 aliphatic heterocycles. The normalized spacial score (nSPS) is 20.4. The molecule has 118 valence electrons. The maximum absolute atomic E-state index is 12.1. The molecule has 0 aromatic heterocycles. The first kappa shape index (κ1) is 16.0. The van der Waals surface area contributed by atoms with E-state index in [1.165, 1.54) is 0 Å². The third-order valence-electron chi connectivity index (χ3n) is 3.82. The summed E-state index contributed by atoms with van der Waals surface area (Å²) in [6, 6.07) is 6.44. The molecule has 0 heterocycles. The van der Waals surface area contributed by atoms with Crippen molar-refractivity contribution >= 4 is 23.5 Å². The number of hydrogen-bond acceptors (Lipinski definition) is 4. The van der Waals surface area contributed by atoms with Gasteiger partial charge in [-0.1, -0.05) is 0 Å². The van der Waals surface area contributed by atoms with Crippen LogP contribution in [0.25, 0.3) is 0 Å². The Balaban J connectivity index is 1.92. The van der Waals surface area contributed by atoms with Crippen molar-refractivity contribution < 1.29 is 24.2 Å². The second-order valence-electron chi connectivity index (χ2n) is 5.33. The van der Waals surface area contributed by atoms with E-state index in [0.29, 0.717) is 37.1 Å². The molecule has 1 amide bonds. The van der Waals surface area contributed by atoms with E-state index in [1.807, 2.05) is 0 Å². The van der Waals surface area contributed by atoms with E-state index < -0.39 is 17.9 Å². The van der Waals surface area contributed by atoms with E-state index >= 15 is 0 Å². The zero-order valence-electron chi connectivity index (χ0n) is 12.4. The minimum atomic E-state index is -0.839. The summed E-state index contributed by atoms with van der Waals surface area (Å²) in [4.78, 5) is 34.5. The van der Waals surface area contributed by atoms with Gasteiger partial charge in [-0.2, -0.15) is 0 Å². The highest BCUT2D eigenvalue weighted by Gasteiger charge is 2.33. The number of amides is 1. The molecule has 1 saturated carbocycles. The number of esters is 1. The number of ether oxygens (including phenoxy) is 1. The molecule has 2 N–H and O–H groups in total. The number of carbonyl (C=O) groups is 3. The predicted molar refractivity (Wildman–Crippen MR) is 79.5 cm³/mol. The van der Waals surface area contributed by atoms with Gasteiger partial charge in [-0.25, -0.2) is 4.79 Å². The summed E-state index contributed by atoms with van der Waals surface area (Å²) in [5.41, 5.74) is 1.00. The second kappa shape index (κ2) is 7.06. The lowest BCUT2D eigenvalue weighted by molar-refractivity contribution is -0.141. The van der Waals surface area contributed by atoms with Crippen LogP contribution >= 0.6 is 0 Å². The monoisotopic (exact) mass is 305 g/mol. The van der Waals surface area contributed by atoms with Crippen LogP contribution in [-0.4, -0.2) is 29.6 Å². The fourth-order valence-corrected chi connectivity index (χ4v) is 2.59. The Morgan fingerprint density at radius 3 is 2.36 bits per heavy atom. The first-order chi connectivity index (χ1) is 10.5. The van der Waals surface area contributed by atoms with Crippen LogP contribution in [0.5, 0.6) is 0 Å². The number of benzene rings is 1. The first-order valence-corrected chi connectivity index (χ1v) is 7.32. The fraction of sp³-hybridized carbons (Fsp3) is 0.438. The van der Waals surface area contributed by atoms with Crippen LogP contribution in [-0.2, 0) is 14.3 Å². The first-order valence-electron chi connectivity index (χ1n) is 7.32. The number of carboxylic acid groups (broad SMARTS) is 1. The number of rotatable bonds is 5. The summed E-state index contributed by atoms with van der Waals surface area (Å²) in [6.45, 7) is 2.04. The molecule has 1 aromatic carbocycles. The summed E-state index contributed by atoms with van der Waals surface area (Å²) >= 11 is 0. The third-order valence-corrected chi connectivity index (χ3v) is 3.82. The Labute approximate surface area is 128 Å². The molecule has 2 rings (SSSR count). The molecular weight excluding hydrogens is 286 g/mol. The maximum atomic E-state index is 12.1. The number of carbonyl (C=O) groups excluding carboxylic acids is 2. The van der Waals surface area contributed by atoms with Gasteiger partial charge in [-0.3, -0.25) is 9.59 Å². The lowest BCUT2D eigenvalue weighted by Gasteiger charge is -2.11. The summed E-state index contributed by atoms with van der Waals surface area (Å²) < 4.78 is 4.88. The van der Waals surface area contributed by atoms with Crippen molar-refractivity contribution in [2.24, 2.45) is 11.8 Å². The summed E-state index contributed by atoms with van der Waals surface area (Å²) in [5.74, 6) is -2.12. The average Bonchev–Trinajstić information content (AvgIpc) is 2.98. The van der Waals surface area contributed by atoms with E-state index in [9.17, 15) is 14.4 Å². The largest absolute Gasteiger partial charge is 0.481 e. The minimum Gasteiger partial charge on any atom is -0.481 e. The van der Waals surface area contributed by atoms with Gasteiger partial charge >= 0.3 is 11.9 Å². The molecule has 6 nitrogen and oxygen atoms in total. The van der Waals surface area contributed by atoms with Crippen LogP contribution < -0.4 is 5.32 Å². The van der Waals surface area contributed by atoms with E-state index in [1.54, 1.807) is 31.2 Å². The molecule has 0 bridgehead atoms. The summed E-state index contributed by atoms with van der Waals surface area (Å²) in [7, 11) is 0. The van der Waals surface area contributed by atoms with Gasteiger partial charge in [-0.15, -0.1) is 0 Å². The van der Waals surface area contributed by atoms with E-state index in [4.69, 9.17) is 9.84 Å². The second-order valence-corrected chi connectivity index (χ2v) is 5.33. The molecule has 1 aromatic rings. The molecule has 0 radical (unpaired) electrons. The number of carboxylic acids is 1. The lowest BCUT2D eigenvalue weighted by Crippen LogP contribution is -2.21. The molecule has 0 saturated heterocycles. The van der Waals surface area contributed by atoms with Gasteiger partial charge in [0.05, 0.1) is 18.1 Å². The zero-order chi connectivity index (χ0) is 16.1. The molecule has 1 aliphatic carbocycles. The highest BCUT2D eigenvalue weighted by molar-refractivity contribution is 5.94. The van der Waals surface area contributed by atoms with Gasteiger partial charge < -0.3 is 15.2 Å². The SMILES string of the molecule is CCOC(=O)c1ccc(NC(=O)[C@H]2CC[C@H](C(=O)O)C2)cc1. The maximum Gasteiger partial charge on any atom is 0.338 e. The van der Waals surface area contributed by atoms with Crippen LogP contribution in [0.1, 0.15) is 36.5 Å². The van der Waals surface area contributed by atoms with Crippen molar-refractivity contribution in [1.29, 1.82) is 0 Å². The topological polar surface area (TPSA) is 92.7 Å². The van der Waals surface area contributed by atoms with Crippen LogP contribution in [0.4, 0.5) is 5.69 Å². The zero-order valence-corrected chi connectivity index (χ0v) is 12.4.